The van der Waals surface area contributed by atoms with E-state index < -0.39 is 35.4 Å². The van der Waals surface area contributed by atoms with Gasteiger partial charge in [-0.15, -0.1) is 0 Å². The van der Waals surface area contributed by atoms with Crippen molar-refractivity contribution in [2.75, 3.05) is 0 Å². The molecule has 5 aromatic rings. The number of aromatic carboxylic acids is 1. The van der Waals surface area contributed by atoms with Gasteiger partial charge >= 0.3 is 23.9 Å². The largest absolute Gasteiger partial charge is 0.475 e. The zero-order chi connectivity index (χ0) is 35.3. The molecule has 0 fully saturated rings. The Bertz CT molecular complexity index is 1920. The maximum atomic E-state index is 12.5. The van der Waals surface area contributed by atoms with Crippen molar-refractivity contribution in [2.45, 2.75) is 46.5 Å². The molecule has 0 aliphatic rings. The average molecular weight is 674 g/mol. The minimum Gasteiger partial charge on any atom is -0.475 e. The van der Waals surface area contributed by atoms with Gasteiger partial charge in [0.15, 0.2) is 0 Å². The lowest BCUT2D eigenvalue weighted by atomic mass is 10.1. The van der Waals surface area contributed by atoms with Crippen molar-refractivity contribution in [1.29, 1.82) is 0 Å². The smallest absolute Gasteiger partial charge is 0.374 e. The third-order valence-electron chi connectivity index (χ3n) is 6.75. The summed E-state index contributed by atoms with van der Waals surface area (Å²) in [7, 11) is 0. The van der Waals surface area contributed by atoms with E-state index in [0.717, 1.165) is 6.42 Å². The number of carbonyl (C=O) groups excluding carboxylic acids is 3. The summed E-state index contributed by atoms with van der Waals surface area (Å²) < 4.78 is 31.2. The van der Waals surface area contributed by atoms with Gasteiger partial charge in [-0.25, -0.2) is 19.2 Å². The van der Waals surface area contributed by atoms with Gasteiger partial charge in [-0.3, -0.25) is 10.1 Å². The topological polar surface area (TPSA) is 199 Å². The molecule has 0 spiro atoms. The molecule has 5 rings (SSSR count). The lowest BCUT2D eigenvalue weighted by Crippen LogP contribution is -2.09. The molecule has 14 nitrogen and oxygen atoms in total. The number of carbonyl (C=O) groups is 4. The summed E-state index contributed by atoms with van der Waals surface area (Å²) in [6, 6.07) is 21.8. The molecule has 49 heavy (non-hydrogen) atoms. The third-order valence-corrected chi connectivity index (χ3v) is 6.75. The average Bonchev–Trinajstić information content (AvgIpc) is 3.90. The summed E-state index contributed by atoms with van der Waals surface area (Å²) in [5, 5.41) is 20.2. The van der Waals surface area contributed by atoms with Gasteiger partial charge in [-0.2, -0.15) is 0 Å². The Kier molecular flexibility index (Phi) is 12.2. The number of ether oxygens (including phenoxy) is 3. The van der Waals surface area contributed by atoms with Crippen molar-refractivity contribution in [3.63, 3.8) is 0 Å². The van der Waals surface area contributed by atoms with Crippen molar-refractivity contribution in [2.24, 2.45) is 0 Å². The molecule has 0 bridgehead atoms. The summed E-state index contributed by atoms with van der Waals surface area (Å²) in [6.45, 7) is 2.75. The highest BCUT2D eigenvalue weighted by Gasteiger charge is 2.23. The summed E-state index contributed by atoms with van der Waals surface area (Å²) in [5.41, 5.74) is 0.232. The zero-order valence-corrected chi connectivity index (χ0v) is 26.4. The number of para-hydroxylation sites is 1. The summed E-state index contributed by atoms with van der Waals surface area (Å²) in [5.74, 6) is -1.84. The first-order valence-electron chi connectivity index (χ1n) is 14.9. The minimum absolute atomic E-state index is 0.00719. The Morgan fingerprint density at radius 2 is 1.08 bits per heavy atom. The first kappa shape index (κ1) is 35.4. The molecule has 3 aromatic heterocycles. The van der Waals surface area contributed by atoms with Crippen LogP contribution in [0.15, 0.2) is 98.2 Å². The molecule has 3 heterocycles. The molecule has 0 aliphatic heterocycles. The lowest BCUT2D eigenvalue weighted by Gasteiger charge is -2.09. The number of carboxylic acid groups (broad SMARTS) is 1. The number of nitro groups is 1. The highest BCUT2D eigenvalue weighted by Crippen LogP contribution is 2.26. The second-order valence-corrected chi connectivity index (χ2v) is 10.1. The van der Waals surface area contributed by atoms with Gasteiger partial charge in [-0.1, -0.05) is 38.1 Å². The maximum Gasteiger partial charge on any atom is 0.374 e. The summed E-state index contributed by atoms with van der Waals surface area (Å²) >= 11 is 0. The number of rotatable bonds is 13. The fraction of sp³-hybridized carbons (Fsp3) is 0.200. The van der Waals surface area contributed by atoms with Crippen molar-refractivity contribution in [3.05, 3.63) is 146 Å². The van der Waals surface area contributed by atoms with Crippen LogP contribution >= 0.6 is 0 Å². The molecule has 0 unspecified atom stereocenters. The molecule has 0 amide bonds. The van der Waals surface area contributed by atoms with Crippen LogP contribution in [0, 0.1) is 10.1 Å². The van der Waals surface area contributed by atoms with E-state index in [9.17, 15) is 29.3 Å². The first-order chi connectivity index (χ1) is 23.6. The second-order valence-electron chi connectivity index (χ2n) is 10.1. The normalized spacial score (nSPS) is 10.4. The first-order valence-corrected chi connectivity index (χ1v) is 14.9. The highest BCUT2D eigenvalue weighted by molar-refractivity contribution is 5.89. The maximum absolute atomic E-state index is 12.5. The molecular formula is C35H31NO13. The van der Waals surface area contributed by atoms with E-state index in [-0.39, 0.29) is 53.1 Å². The van der Waals surface area contributed by atoms with Crippen molar-refractivity contribution < 1.29 is 56.7 Å². The molecule has 0 radical (unpaired) electrons. The number of nitro benzene ring substituents is 1. The monoisotopic (exact) mass is 673 g/mol. The Labute approximate surface area is 278 Å². The van der Waals surface area contributed by atoms with Crippen molar-refractivity contribution in [1.82, 2.24) is 0 Å². The van der Waals surface area contributed by atoms with Crippen LogP contribution < -0.4 is 0 Å². The Morgan fingerprint density at radius 1 is 0.612 bits per heavy atom. The third kappa shape index (κ3) is 9.78. The van der Waals surface area contributed by atoms with E-state index in [0.29, 0.717) is 23.5 Å². The Morgan fingerprint density at radius 3 is 1.55 bits per heavy atom. The van der Waals surface area contributed by atoms with Crippen LogP contribution in [0.25, 0.3) is 0 Å². The molecule has 0 atom stereocenters. The standard InChI is InChI=1S/C28H23NO10.C7H8O3/c1-2-21-11-13-23(38-21)27(31)35-15-19-9-6-10-20(25(19)29(33)34)16-36-28(32)24-14-12-22(39-24)17-37-26(30)18-7-4-3-5-8-18;1-2-5-3-4-6(10-5)7(8)9/h3-14H,2,15-17H2,1H3;3-4H,2H2,1H3,(H,8,9). The zero-order valence-electron chi connectivity index (χ0n) is 26.4. The van der Waals surface area contributed by atoms with E-state index in [1.807, 2.05) is 13.8 Å². The molecule has 254 valence electrons. The molecule has 0 saturated carbocycles. The molecule has 14 heteroatoms. The second kappa shape index (κ2) is 16.9. The van der Waals surface area contributed by atoms with E-state index in [4.69, 9.17) is 32.6 Å². The molecule has 1 N–H and O–H groups in total. The van der Waals surface area contributed by atoms with Crippen LogP contribution in [0.5, 0.6) is 0 Å². The number of hydrogen-bond acceptors (Lipinski definition) is 12. The van der Waals surface area contributed by atoms with Crippen molar-refractivity contribution in [3.8, 4) is 0 Å². The molecular weight excluding hydrogens is 642 g/mol. The van der Waals surface area contributed by atoms with Gasteiger partial charge in [0, 0.05) is 12.8 Å². The highest BCUT2D eigenvalue weighted by atomic mass is 16.6. The summed E-state index contributed by atoms with van der Waals surface area (Å²) in [6.07, 6.45) is 1.33. The van der Waals surface area contributed by atoms with Crippen molar-refractivity contribution >= 4 is 29.6 Å². The van der Waals surface area contributed by atoms with E-state index in [1.165, 1.54) is 42.5 Å². The van der Waals surface area contributed by atoms with Gasteiger partial charge < -0.3 is 32.6 Å². The van der Waals surface area contributed by atoms with Crippen LogP contribution in [0.4, 0.5) is 5.69 Å². The van der Waals surface area contributed by atoms with Gasteiger partial charge in [0.2, 0.25) is 17.3 Å². The quantitative estimate of drug-likeness (QED) is 0.0583. The Balaban J connectivity index is 0.000000463. The Hall–Kier alpha value is -6.44. The fourth-order valence-corrected chi connectivity index (χ4v) is 4.26. The predicted octanol–water partition coefficient (Wildman–Crippen LogP) is 6.95. The minimum atomic E-state index is -1.01. The number of nitrogens with zero attached hydrogens (tertiary/aromatic N) is 1. The predicted molar refractivity (Wildman–Crippen MR) is 169 cm³/mol. The molecule has 0 aliphatic carbocycles. The SMILES string of the molecule is CCc1ccc(C(=O)O)o1.CCc1ccc(C(=O)OCc2cccc(COC(=O)c3ccc(COC(=O)c4ccccc4)o3)c2[N+](=O)[O-])o1. The number of carboxylic acids is 1. The van der Waals surface area contributed by atoms with Gasteiger partial charge in [0.25, 0.3) is 5.69 Å². The van der Waals surface area contributed by atoms with Gasteiger partial charge in [0.1, 0.15) is 37.1 Å². The van der Waals surface area contributed by atoms with Gasteiger partial charge in [0.05, 0.1) is 21.6 Å². The number of furan rings is 3. The van der Waals surface area contributed by atoms with Crippen LogP contribution in [0.2, 0.25) is 0 Å². The van der Waals surface area contributed by atoms with Crippen LogP contribution in [-0.4, -0.2) is 33.9 Å². The fourth-order valence-electron chi connectivity index (χ4n) is 4.26. The van der Waals surface area contributed by atoms with E-state index in [2.05, 4.69) is 0 Å². The number of benzene rings is 2. The number of aryl methyl sites for hydroxylation is 2. The van der Waals surface area contributed by atoms with Crippen LogP contribution in [-0.2, 0) is 46.9 Å². The molecule has 2 aromatic carbocycles. The van der Waals surface area contributed by atoms with Gasteiger partial charge in [-0.05, 0) is 60.7 Å². The lowest BCUT2D eigenvalue weighted by molar-refractivity contribution is -0.386. The van der Waals surface area contributed by atoms with E-state index in [1.54, 1.807) is 42.5 Å². The number of esters is 3. The van der Waals surface area contributed by atoms with Crippen LogP contribution in [0.3, 0.4) is 0 Å². The molecule has 0 saturated heterocycles. The van der Waals surface area contributed by atoms with Crippen LogP contribution in [0.1, 0.15) is 84.3 Å². The van der Waals surface area contributed by atoms with E-state index >= 15 is 0 Å². The number of hydrogen-bond donors (Lipinski definition) is 1. The summed E-state index contributed by atoms with van der Waals surface area (Å²) in [4.78, 5) is 58.2.